The molecule has 4 aromatic rings. The Kier molecular flexibility index (Phi) is 6.96. The van der Waals surface area contributed by atoms with E-state index >= 15 is 0 Å². The maximum atomic E-state index is 12.1. The molecule has 0 unspecified atom stereocenters. The van der Waals surface area contributed by atoms with Crippen molar-refractivity contribution < 1.29 is 14.7 Å². The summed E-state index contributed by atoms with van der Waals surface area (Å²) in [6.07, 6.45) is 8.54. The van der Waals surface area contributed by atoms with E-state index in [2.05, 4.69) is 57.4 Å². The van der Waals surface area contributed by atoms with Crippen molar-refractivity contribution in [3.05, 3.63) is 97.5 Å². The molecule has 0 radical (unpaired) electrons. The molecule has 2 aliphatic heterocycles. The summed E-state index contributed by atoms with van der Waals surface area (Å²) in [6.45, 7) is 0. The van der Waals surface area contributed by atoms with Crippen LogP contribution in [-0.4, -0.2) is 31.9 Å². The van der Waals surface area contributed by atoms with E-state index in [1.165, 1.54) is 6.20 Å². The number of pyridine rings is 2. The fourth-order valence-corrected chi connectivity index (χ4v) is 5.26. The van der Waals surface area contributed by atoms with Crippen LogP contribution < -0.4 is 10.6 Å². The van der Waals surface area contributed by atoms with Gasteiger partial charge in [0.05, 0.1) is 36.5 Å². The van der Waals surface area contributed by atoms with Gasteiger partial charge in [-0.25, -0.2) is 4.98 Å². The third kappa shape index (κ3) is 5.08. The van der Waals surface area contributed by atoms with E-state index < -0.39 is 0 Å². The Hall–Kier alpha value is -3.73. The van der Waals surface area contributed by atoms with Crippen LogP contribution >= 0.6 is 43.5 Å². The summed E-state index contributed by atoms with van der Waals surface area (Å²) >= 11 is 12.7. The first-order valence-electron chi connectivity index (χ1n) is 10.8. The molecule has 1 aromatic carbocycles. The predicted molar refractivity (Wildman–Crippen MR) is 151 cm³/mol. The summed E-state index contributed by atoms with van der Waals surface area (Å²) in [5, 5.41) is 15.6. The number of rotatable bonds is 2. The molecular formula is C26H16Br2ClN5O3. The Bertz CT molecular complexity index is 1590. The lowest BCUT2D eigenvalue weighted by Gasteiger charge is -2.04. The van der Waals surface area contributed by atoms with E-state index in [0.29, 0.717) is 42.2 Å². The Morgan fingerprint density at radius 2 is 1.65 bits per heavy atom. The monoisotopic (exact) mass is 639 g/mol. The smallest absolute Gasteiger partial charge is 0.258 e. The van der Waals surface area contributed by atoms with Gasteiger partial charge in [-0.3, -0.25) is 14.6 Å². The molecular weight excluding hydrogens is 626 g/mol. The molecule has 2 amide bonds. The molecule has 6 rings (SSSR count). The highest BCUT2D eigenvalue weighted by molar-refractivity contribution is 9.11. The Labute approximate surface area is 232 Å². The van der Waals surface area contributed by atoms with E-state index in [1.54, 1.807) is 42.6 Å². The van der Waals surface area contributed by atoms with Crippen molar-refractivity contribution in [3.8, 4) is 5.75 Å². The van der Waals surface area contributed by atoms with Crippen molar-refractivity contribution in [2.75, 3.05) is 10.6 Å². The topological polar surface area (TPSA) is 120 Å². The van der Waals surface area contributed by atoms with E-state index in [0.717, 1.165) is 16.9 Å². The first-order chi connectivity index (χ1) is 17.8. The number of halogens is 3. The minimum Gasteiger partial charge on any atom is -0.506 e. The van der Waals surface area contributed by atoms with E-state index in [1.807, 2.05) is 24.4 Å². The lowest BCUT2D eigenvalue weighted by Crippen LogP contribution is -2.04. The number of aromatic nitrogens is 3. The van der Waals surface area contributed by atoms with Crippen molar-refractivity contribution in [1.29, 1.82) is 0 Å². The number of hydrogen-bond donors (Lipinski definition) is 4. The molecule has 37 heavy (non-hydrogen) atoms. The van der Waals surface area contributed by atoms with Crippen LogP contribution in [0.1, 0.15) is 22.5 Å². The number of aromatic hydroxyl groups is 1. The molecule has 11 heteroatoms. The molecule has 0 saturated carbocycles. The van der Waals surface area contributed by atoms with Crippen LogP contribution in [-0.2, 0) is 9.59 Å². The maximum absolute atomic E-state index is 12.1. The summed E-state index contributed by atoms with van der Waals surface area (Å²) in [4.78, 5) is 35.1. The van der Waals surface area contributed by atoms with Gasteiger partial charge >= 0.3 is 0 Å². The number of benzene rings is 1. The molecule has 8 nitrogen and oxygen atoms in total. The molecule has 0 fully saturated rings. The molecule has 3 aromatic heterocycles. The van der Waals surface area contributed by atoms with Crippen LogP contribution in [0.15, 0.2) is 70.0 Å². The van der Waals surface area contributed by atoms with Gasteiger partial charge in [-0.05, 0) is 92.0 Å². The van der Waals surface area contributed by atoms with Crippen molar-refractivity contribution in [3.63, 3.8) is 0 Å². The molecule has 2 aliphatic rings. The third-order valence-corrected chi connectivity index (χ3v) is 7.00. The molecule has 0 atom stereocenters. The second-order valence-electron chi connectivity index (χ2n) is 7.90. The highest BCUT2D eigenvalue weighted by atomic mass is 79.9. The highest BCUT2D eigenvalue weighted by Gasteiger charge is 2.28. The number of amides is 2. The van der Waals surface area contributed by atoms with E-state index in [4.69, 9.17) is 11.6 Å². The lowest BCUT2D eigenvalue weighted by molar-refractivity contribution is -0.111. The van der Waals surface area contributed by atoms with Gasteiger partial charge in [0.1, 0.15) is 11.6 Å². The second kappa shape index (κ2) is 10.3. The van der Waals surface area contributed by atoms with Gasteiger partial charge in [-0.1, -0.05) is 11.6 Å². The second-order valence-corrected chi connectivity index (χ2v) is 10.0. The summed E-state index contributed by atoms with van der Waals surface area (Å²) in [5.74, 6) is 0.193. The Morgan fingerprint density at radius 3 is 2.38 bits per heavy atom. The van der Waals surface area contributed by atoms with Crippen molar-refractivity contribution in [2.45, 2.75) is 0 Å². The molecule has 0 bridgehead atoms. The van der Waals surface area contributed by atoms with Crippen LogP contribution in [0, 0.1) is 0 Å². The summed E-state index contributed by atoms with van der Waals surface area (Å²) in [7, 11) is 0. The van der Waals surface area contributed by atoms with Crippen LogP contribution in [0.25, 0.3) is 23.3 Å². The number of nitrogens with one attached hydrogen (secondary N) is 3. The quantitative estimate of drug-likeness (QED) is 0.190. The molecule has 184 valence electrons. The van der Waals surface area contributed by atoms with Gasteiger partial charge in [0.2, 0.25) is 0 Å². The van der Waals surface area contributed by atoms with Gasteiger partial charge < -0.3 is 20.7 Å². The van der Waals surface area contributed by atoms with E-state index in [9.17, 15) is 14.7 Å². The number of H-pyrrole nitrogens is 1. The number of phenols is 1. The van der Waals surface area contributed by atoms with Crippen LogP contribution in [0.3, 0.4) is 0 Å². The normalized spacial score (nSPS) is 15.6. The summed E-state index contributed by atoms with van der Waals surface area (Å²) in [5.41, 5.74) is 4.73. The minimum atomic E-state index is -0.258. The van der Waals surface area contributed by atoms with Gasteiger partial charge in [0.25, 0.3) is 11.8 Å². The van der Waals surface area contributed by atoms with Crippen LogP contribution in [0.4, 0.5) is 11.5 Å². The van der Waals surface area contributed by atoms with Gasteiger partial charge in [-0.15, -0.1) is 0 Å². The first-order valence-corrected chi connectivity index (χ1v) is 12.8. The first kappa shape index (κ1) is 24.9. The van der Waals surface area contributed by atoms with Crippen LogP contribution in [0.5, 0.6) is 5.75 Å². The van der Waals surface area contributed by atoms with Crippen molar-refractivity contribution >= 4 is 90.1 Å². The summed E-state index contributed by atoms with van der Waals surface area (Å²) < 4.78 is 1.05. The maximum Gasteiger partial charge on any atom is 0.258 e. The average molecular weight is 642 g/mol. The van der Waals surface area contributed by atoms with Crippen molar-refractivity contribution in [2.24, 2.45) is 0 Å². The number of fused-ring (bicyclic) bond motifs is 2. The van der Waals surface area contributed by atoms with Gasteiger partial charge in [-0.2, -0.15) is 0 Å². The lowest BCUT2D eigenvalue weighted by atomic mass is 10.1. The zero-order chi connectivity index (χ0) is 26.1. The number of hydrogen-bond acceptors (Lipinski definition) is 5. The zero-order valence-corrected chi connectivity index (χ0v) is 22.6. The van der Waals surface area contributed by atoms with Gasteiger partial charge in [0, 0.05) is 29.8 Å². The highest BCUT2D eigenvalue weighted by Crippen LogP contribution is 2.39. The number of anilines is 2. The number of carbonyl (C=O) groups is 2. The molecule has 0 saturated heterocycles. The van der Waals surface area contributed by atoms with Gasteiger partial charge in [0.15, 0.2) is 0 Å². The SMILES string of the molecule is O=C1Nc2cccnc2/C1=C/c1ccc[nH]1.O=C1Nc2nccc(Cl)c2C1=Cc1cc(Br)c(O)c(Br)c1. The largest absolute Gasteiger partial charge is 0.506 e. The van der Waals surface area contributed by atoms with Crippen LogP contribution in [0.2, 0.25) is 5.02 Å². The fraction of sp³-hybridized carbons (Fsp3) is 0. The average Bonchev–Trinajstić information content (AvgIpc) is 3.57. The standard InChI is InChI=1S/C14H7Br2ClN2O2.C12H9N3O/c15-8-4-6(5-9(16)12(8)20)3-7-11-10(17)1-2-18-13(11)19-14(7)21;16-12-9(7-8-3-1-5-13-8)11-10(15-12)4-2-6-14-11/h1-5,20H,(H,18,19,21);1-7,13H,(H,15,16)/b;9-7-. The van der Waals surface area contributed by atoms with Crippen molar-refractivity contribution in [1.82, 2.24) is 15.0 Å². The molecule has 0 spiro atoms. The number of carbonyl (C=O) groups excluding carboxylic acids is 2. The van der Waals surface area contributed by atoms with E-state index in [-0.39, 0.29) is 17.6 Å². The Morgan fingerprint density at radius 1 is 0.892 bits per heavy atom. The number of nitrogens with zero attached hydrogens (tertiary/aromatic N) is 2. The third-order valence-electron chi connectivity index (χ3n) is 5.47. The predicted octanol–water partition coefficient (Wildman–Crippen LogP) is 6.36. The number of aromatic amines is 1. The minimum absolute atomic E-state index is 0.105. The molecule has 0 aliphatic carbocycles. The number of phenolic OH excluding ortho intramolecular Hbond substituents is 1. The molecule has 5 heterocycles. The fourth-order valence-electron chi connectivity index (χ4n) is 3.79. The Balaban J connectivity index is 0.000000157. The zero-order valence-electron chi connectivity index (χ0n) is 18.7. The molecule has 4 N–H and O–H groups in total. The summed E-state index contributed by atoms with van der Waals surface area (Å²) in [6, 6.07) is 12.5.